The Kier molecular flexibility index (Phi) is 3.21. The molecule has 0 N–H and O–H groups in total. The summed E-state index contributed by atoms with van der Waals surface area (Å²) in [6, 6.07) is 7.77. The molecule has 19 heavy (non-hydrogen) atoms. The molecule has 1 amide bonds. The van der Waals surface area contributed by atoms with E-state index in [2.05, 4.69) is 5.10 Å². The first-order chi connectivity index (χ1) is 9.29. The number of thiophene rings is 1. The molecular weight excluding hydrogens is 260 g/mol. The lowest BCUT2D eigenvalue weighted by Crippen LogP contribution is -2.25. The standard InChI is InChI=1S/C14H14N2O2S/c1-2-14(17)16-11(13-6-4-8-19-13)9-10(15-16)12-5-3-7-18-12/h3-8,11H,2,9H2,1H3. The normalized spacial score (nSPS) is 18.7. The van der Waals surface area contributed by atoms with E-state index < -0.39 is 0 Å². The molecule has 0 spiro atoms. The third-order valence-electron chi connectivity index (χ3n) is 3.15. The summed E-state index contributed by atoms with van der Waals surface area (Å²) < 4.78 is 5.38. The Morgan fingerprint density at radius 1 is 1.53 bits per heavy atom. The van der Waals surface area contributed by atoms with E-state index in [1.54, 1.807) is 22.6 Å². The molecule has 1 aliphatic rings. The largest absolute Gasteiger partial charge is 0.463 e. The Morgan fingerprint density at radius 3 is 3.05 bits per heavy atom. The van der Waals surface area contributed by atoms with Crippen LogP contribution in [0.3, 0.4) is 0 Å². The molecule has 98 valence electrons. The Labute approximate surface area is 115 Å². The smallest absolute Gasteiger partial charge is 0.243 e. The summed E-state index contributed by atoms with van der Waals surface area (Å²) in [4.78, 5) is 13.2. The predicted molar refractivity (Wildman–Crippen MR) is 74.1 cm³/mol. The van der Waals surface area contributed by atoms with Gasteiger partial charge >= 0.3 is 0 Å². The summed E-state index contributed by atoms with van der Waals surface area (Å²) in [6.45, 7) is 1.86. The highest BCUT2D eigenvalue weighted by atomic mass is 32.1. The second-order valence-corrected chi connectivity index (χ2v) is 5.33. The number of hydrogen-bond donors (Lipinski definition) is 0. The average Bonchev–Trinajstić information content (AvgIpc) is 3.14. The molecule has 5 heteroatoms. The van der Waals surface area contributed by atoms with Gasteiger partial charge in [0.05, 0.1) is 12.3 Å². The zero-order valence-corrected chi connectivity index (χ0v) is 11.4. The molecule has 1 atom stereocenters. The fourth-order valence-electron chi connectivity index (χ4n) is 2.20. The molecule has 0 aliphatic carbocycles. The molecule has 3 rings (SSSR count). The van der Waals surface area contributed by atoms with E-state index in [-0.39, 0.29) is 11.9 Å². The summed E-state index contributed by atoms with van der Waals surface area (Å²) in [5.74, 6) is 0.785. The molecular formula is C14H14N2O2S. The van der Waals surface area contributed by atoms with E-state index in [0.717, 1.165) is 16.3 Å². The second-order valence-electron chi connectivity index (χ2n) is 4.35. The second kappa shape index (κ2) is 5.01. The van der Waals surface area contributed by atoms with Crippen molar-refractivity contribution >= 4 is 23.0 Å². The van der Waals surface area contributed by atoms with Crippen LogP contribution in [0.1, 0.15) is 36.4 Å². The number of hydrazone groups is 1. The van der Waals surface area contributed by atoms with Gasteiger partial charge in [-0.2, -0.15) is 5.10 Å². The van der Waals surface area contributed by atoms with Gasteiger partial charge in [0.2, 0.25) is 5.91 Å². The van der Waals surface area contributed by atoms with Gasteiger partial charge < -0.3 is 4.42 Å². The van der Waals surface area contributed by atoms with E-state index in [9.17, 15) is 4.79 Å². The van der Waals surface area contributed by atoms with Crippen LogP contribution in [-0.4, -0.2) is 16.6 Å². The van der Waals surface area contributed by atoms with Crippen molar-refractivity contribution in [1.82, 2.24) is 5.01 Å². The van der Waals surface area contributed by atoms with Gasteiger partial charge in [-0.3, -0.25) is 4.79 Å². The van der Waals surface area contributed by atoms with Gasteiger partial charge in [-0.25, -0.2) is 5.01 Å². The van der Waals surface area contributed by atoms with E-state index in [1.165, 1.54) is 0 Å². The molecule has 1 aliphatic heterocycles. The maximum absolute atomic E-state index is 12.0. The number of nitrogens with zero attached hydrogens (tertiary/aromatic N) is 2. The van der Waals surface area contributed by atoms with Crippen molar-refractivity contribution in [3.63, 3.8) is 0 Å². The van der Waals surface area contributed by atoms with E-state index >= 15 is 0 Å². The number of hydrogen-bond acceptors (Lipinski definition) is 4. The van der Waals surface area contributed by atoms with Gasteiger partial charge in [0.1, 0.15) is 11.5 Å². The summed E-state index contributed by atoms with van der Waals surface area (Å²) in [6.07, 6.45) is 2.79. The van der Waals surface area contributed by atoms with Gasteiger partial charge in [-0.1, -0.05) is 13.0 Å². The van der Waals surface area contributed by atoms with Gasteiger partial charge in [0.15, 0.2) is 0 Å². The minimum Gasteiger partial charge on any atom is -0.463 e. The molecule has 0 fully saturated rings. The third kappa shape index (κ3) is 2.21. The average molecular weight is 274 g/mol. The first-order valence-electron chi connectivity index (χ1n) is 6.26. The van der Waals surface area contributed by atoms with Crippen LogP contribution in [0.25, 0.3) is 0 Å². The van der Waals surface area contributed by atoms with Crippen LogP contribution in [0.2, 0.25) is 0 Å². The van der Waals surface area contributed by atoms with Crippen molar-refractivity contribution in [2.45, 2.75) is 25.8 Å². The van der Waals surface area contributed by atoms with Crippen molar-refractivity contribution in [3.8, 4) is 0 Å². The Morgan fingerprint density at radius 2 is 2.42 bits per heavy atom. The summed E-state index contributed by atoms with van der Waals surface area (Å²) in [7, 11) is 0. The Balaban J connectivity index is 1.93. The number of rotatable bonds is 3. The molecule has 2 aromatic heterocycles. The highest BCUT2D eigenvalue weighted by molar-refractivity contribution is 7.10. The molecule has 0 saturated carbocycles. The zero-order chi connectivity index (χ0) is 13.2. The van der Waals surface area contributed by atoms with Crippen molar-refractivity contribution in [3.05, 3.63) is 46.5 Å². The van der Waals surface area contributed by atoms with Gasteiger partial charge in [-0.05, 0) is 23.6 Å². The van der Waals surface area contributed by atoms with Crippen LogP contribution in [0.15, 0.2) is 45.4 Å². The van der Waals surface area contributed by atoms with Crippen molar-refractivity contribution in [2.24, 2.45) is 5.10 Å². The topological polar surface area (TPSA) is 45.8 Å². The van der Waals surface area contributed by atoms with Gasteiger partial charge in [-0.15, -0.1) is 11.3 Å². The monoisotopic (exact) mass is 274 g/mol. The minimum atomic E-state index is 0.00699. The number of furan rings is 1. The molecule has 3 heterocycles. The first kappa shape index (κ1) is 12.2. The summed E-state index contributed by atoms with van der Waals surface area (Å²) in [5.41, 5.74) is 0.838. The van der Waals surface area contributed by atoms with Crippen LogP contribution < -0.4 is 0 Å². The lowest BCUT2D eigenvalue weighted by molar-refractivity contribution is -0.132. The van der Waals surface area contributed by atoms with E-state index in [1.807, 2.05) is 36.6 Å². The molecule has 4 nitrogen and oxygen atoms in total. The molecule has 0 bridgehead atoms. The SMILES string of the molecule is CCC(=O)N1N=C(c2ccco2)CC1c1cccs1. The molecule has 0 radical (unpaired) electrons. The highest BCUT2D eigenvalue weighted by Crippen LogP contribution is 2.35. The van der Waals surface area contributed by atoms with E-state index in [0.29, 0.717) is 12.8 Å². The van der Waals surface area contributed by atoms with Crippen molar-refractivity contribution in [1.29, 1.82) is 0 Å². The van der Waals surface area contributed by atoms with Crippen molar-refractivity contribution < 1.29 is 9.21 Å². The Hall–Kier alpha value is -1.88. The number of carbonyl (C=O) groups excluding carboxylic acids is 1. The predicted octanol–water partition coefficient (Wildman–Crippen LogP) is 3.43. The fourth-order valence-corrected chi connectivity index (χ4v) is 3.01. The van der Waals surface area contributed by atoms with Gasteiger partial charge in [0, 0.05) is 17.7 Å². The van der Waals surface area contributed by atoms with Crippen LogP contribution in [0, 0.1) is 0 Å². The number of amides is 1. The van der Waals surface area contributed by atoms with E-state index in [4.69, 9.17) is 4.42 Å². The molecule has 0 aromatic carbocycles. The lowest BCUT2D eigenvalue weighted by atomic mass is 10.1. The summed E-state index contributed by atoms with van der Waals surface area (Å²) >= 11 is 1.65. The molecule has 1 unspecified atom stereocenters. The lowest BCUT2D eigenvalue weighted by Gasteiger charge is -2.19. The van der Waals surface area contributed by atoms with Gasteiger partial charge in [0.25, 0.3) is 0 Å². The highest BCUT2D eigenvalue weighted by Gasteiger charge is 2.33. The van der Waals surface area contributed by atoms with Crippen LogP contribution in [-0.2, 0) is 4.79 Å². The summed E-state index contributed by atoms with van der Waals surface area (Å²) in [5, 5.41) is 8.08. The minimum absolute atomic E-state index is 0.00699. The maximum Gasteiger partial charge on any atom is 0.243 e. The van der Waals surface area contributed by atoms with Crippen LogP contribution in [0.5, 0.6) is 0 Å². The van der Waals surface area contributed by atoms with Crippen LogP contribution >= 0.6 is 11.3 Å². The van der Waals surface area contributed by atoms with Crippen molar-refractivity contribution in [2.75, 3.05) is 0 Å². The molecule has 0 saturated heterocycles. The number of carbonyl (C=O) groups is 1. The molecule has 2 aromatic rings. The zero-order valence-electron chi connectivity index (χ0n) is 10.6. The Bertz CT molecular complexity index is 587. The fraction of sp³-hybridized carbons (Fsp3) is 0.286. The van der Waals surface area contributed by atoms with Crippen LogP contribution in [0.4, 0.5) is 0 Å². The first-order valence-corrected chi connectivity index (χ1v) is 7.14. The quantitative estimate of drug-likeness (QED) is 0.860. The maximum atomic E-state index is 12.0. The third-order valence-corrected chi connectivity index (χ3v) is 4.12.